The summed E-state index contributed by atoms with van der Waals surface area (Å²) in [4.78, 5) is 0. The highest BCUT2D eigenvalue weighted by atomic mass is 14.1. The van der Waals surface area contributed by atoms with Crippen molar-refractivity contribution >= 4 is 0 Å². The lowest BCUT2D eigenvalue weighted by Gasteiger charge is -2.15. The van der Waals surface area contributed by atoms with Crippen LogP contribution in [0.25, 0.3) is 0 Å². The van der Waals surface area contributed by atoms with Crippen LogP contribution in [-0.2, 0) is 0 Å². The third-order valence-electron chi connectivity index (χ3n) is 3.58. The van der Waals surface area contributed by atoms with Crippen LogP contribution in [0.3, 0.4) is 0 Å². The summed E-state index contributed by atoms with van der Waals surface area (Å²) >= 11 is 0. The zero-order valence-corrected chi connectivity index (χ0v) is 10.0. The van der Waals surface area contributed by atoms with E-state index >= 15 is 0 Å². The molecule has 0 bridgehead atoms. The van der Waals surface area contributed by atoms with E-state index in [0.717, 1.165) is 5.92 Å². The summed E-state index contributed by atoms with van der Waals surface area (Å²) in [5, 5.41) is 0. The Labute approximate surface area is 89.8 Å². The maximum absolute atomic E-state index is 2.37. The van der Waals surface area contributed by atoms with Crippen LogP contribution >= 0.6 is 0 Å². The Morgan fingerprint density at radius 2 is 1.43 bits per heavy atom. The fourth-order valence-electron chi connectivity index (χ4n) is 2.24. The van der Waals surface area contributed by atoms with Gasteiger partial charge in [0.25, 0.3) is 0 Å². The van der Waals surface area contributed by atoms with Gasteiger partial charge in [-0.05, 0) is 32.1 Å². The van der Waals surface area contributed by atoms with Crippen molar-refractivity contribution in [1.82, 2.24) is 0 Å². The molecule has 0 aliphatic heterocycles. The van der Waals surface area contributed by atoms with Crippen molar-refractivity contribution in [3.05, 3.63) is 11.6 Å². The van der Waals surface area contributed by atoms with Crippen molar-refractivity contribution in [2.24, 2.45) is 5.92 Å². The Hall–Kier alpha value is -0.260. The van der Waals surface area contributed by atoms with E-state index in [1.54, 1.807) is 5.57 Å². The fourth-order valence-corrected chi connectivity index (χ4v) is 2.24. The molecule has 0 radical (unpaired) electrons. The normalized spacial score (nSPS) is 27.3. The molecule has 0 heteroatoms. The minimum absolute atomic E-state index is 0.865. The van der Waals surface area contributed by atoms with Gasteiger partial charge in [0.05, 0.1) is 0 Å². The van der Waals surface area contributed by atoms with Crippen molar-refractivity contribution in [1.29, 1.82) is 0 Å². The summed E-state index contributed by atoms with van der Waals surface area (Å²) in [6, 6.07) is 0. The molecule has 2 aliphatic carbocycles. The van der Waals surface area contributed by atoms with Crippen molar-refractivity contribution in [2.75, 3.05) is 0 Å². The third kappa shape index (κ3) is 4.83. The van der Waals surface area contributed by atoms with Gasteiger partial charge in [-0.25, -0.2) is 0 Å². The summed E-state index contributed by atoms with van der Waals surface area (Å²) in [7, 11) is 0. The predicted molar refractivity (Wildman–Crippen MR) is 64.5 cm³/mol. The van der Waals surface area contributed by atoms with Crippen molar-refractivity contribution in [3.63, 3.8) is 0 Å². The molecule has 1 fully saturated rings. The largest absolute Gasteiger partial charge is 0.0853 e. The SMILES string of the molecule is C1CCCCC1.CC1=CCCCC1C. The lowest BCUT2D eigenvalue weighted by Crippen LogP contribution is -2.00. The Morgan fingerprint density at radius 1 is 0.929 bits per heavy atom. The van der Waals surface area contributed by atoms with Gasteiger partial charge in [0.15, 0.2) is 0 Å². The van der Waals surface area contributed by atoms with Gasteiger partial charge in [-0.2, -0.15) is 0 Å². The molecule has 82 valence electrons. The minimum atomic E-state index is 0.865. The molecule has 2 aliphatic rings. The van der Waals surface area contributed by atoms with Gasteiger partial charge in [0.2, 0.25) is 0 Å². The maximum Gasteiger partial charge on any atom is -0.0234 e. The highest BCUT2D eigenvalue weighted by Crippen LogP contribution is 2.22. The molecule has 0 aromatic carbocycles. The standard InChI is InChI=1S/C8H14.C6H12/c1-7-5-3-4-6-8(7)2;1-2-4-6-5-3-1/h5,8H,3-4,6H2,1-2H3;1-6H2. The van der Waals surface area contributed by atoms with Gasteiger partial charge in [0.1, 0.15) is 0 Å². The summed E-state index contributed by atoms with van der Waals surface area (Å²) < 4.78 is 0. The summed E-state index contributed by atoms with van der Waals surface area (Å²) in [6.07, 6.45) is 15.5. The highest BCUT2D eigenvalue weighted by Gasteiger charge is 2.06. The van der Waals surface area contributed by atoms with E-state index in [2.05, 4.69) is 19.9 Å². The summed E-state index contributed by atoms with van der Waals surface area (Å²) in [5.74, 6) is 0.865. The Morgan fingerprint density at radius 3 is 1.71 bits per heavy atom. The van der Waals surface area contributed by atoms with E-state index < -0.39 is 0 Å². The van der Waals surface area contributed by atoms with Crippen molar-refractivity contribution < 1.29 is 0 Å². The topological polar surface area (TPSA) is 0 Å². The monoisotopic (exact) mass is 194 g/mol. The lowest BCUT2D eigenvalue weighted by atomic mass is 9.91. The van der Waals surface area contributed by atoms with Gasteiger partial charge in [-0.3, -0.25) is 0 Å². The molecule has 0 heterocycles. The van der Waals surface area contributed by atoms with E-state index in [1.165, 1.54) is 57.8 Å². The molecule has 0 aromatic heterocycles. The first-order chi connectivity index (χ1) is 6.80. The van der Waals surface area contributed by atoms with Gasteiger partial charge >= 0.3 is 0 Å². The molecule has 14 heavy (non-hydrogen) atoms. The number of hydrogen-bond donors (Lipinski definition) is 0. The van der Waals surface area contributed by atoms with Crippen molar-refractivity contribution in [2.45, 2.75) is 71.6 Å². The second kappa shape index (κ2) is 7.09. The summed E-state index contributed by atoms with van der Waals surface area (Å²) in [6.45, 7) is 4.55. The minimum Gasteiger partial charge on any atom is -0.0853 e. The third-order valence-corrected chi connectivity index (χ3v) is 3.58. The number of hydrogen-bond acceptors (Lipinski definition) is 0. The molecule has 1 atom stereocenters. The zero-order valence-electron chi connectivity index (χ0n) is 10.0. The number of rotatable bonds is 0. The van der Waals surface area contributed by atoms with E-state index in [-0.39, 0.29) is 0 Å². The lowest BCUT2D eigenvalue weighted by molar-refractivity contribution is 0.504. The van der Waals surface area contributed by atoms with Crippen LogP contribution in [0.5, 0.6) is 0 Å². The van der Waals surface area contributed by atoms with Gasteiger partial charge < -0.3 is 0 Å². The first-order valence-corrected chi connectivity index (χ1v) is 6.47. The Bertz CT molecular complexity index is 151. The van der Waals surface area contributed by atoms with Gasteiger partial charge in [0, 0.05) is 0 Å². The first kappa shape index (κ1) is 11.8. The molecule has 0 saturated heterocycles. The second-order valence-electron chi connectivity index (χ2n) is 4.90. The van der Waals surface area contributed by atoms with Crippen LogP contribution < -0.4 is 0 Å². The highest BCUT2D eigenvalue weighted by molar-refractivity contribution is 5.04. The average Bonchev–Trinajstić information content (AvgIpc) is 2.26. The fraction of sp³-hybridized carbons (Fsp3) is 0.857. The molecule has 0 N–H and O–H groups in total. The predicted octanol–water partition coefficient (Wildman–Crippen LogP) is 5.09. The Kier molecular flexibility index (Phi) is 5.98. The molecule has 1 unspecified atom stereocenters. The van der Waals surface area contributed by atoms with Gasteiger partial charge in [-0.15, -0.1) is 0 Å². The smallest absolute Gasteiger partial charge is 0.0234 e. The maximum atomic E-state index is 2.37. The molecular formula is C14H26. The van der Waals surface area contributed by atoms with E-state index in [9.17, 15) is 0 Å². The van der Waals surface area contributed by atoms with E-state index in [4.69, 9.17) is 0 Å². The van der Waals surface area contributed by atoms with Crippen LogP contribution in [0.1, 0.15) is 71.6 Å². The van der Waals surface area contributed by atoms with Crippen LogP contribution in [-0.4, -0.2) is 0 Å². The molecule has 0 aromatic rings. The van der Waals surface area contributed by atoms with Crippen LogP contribution in [0.4, 0.5) is 0 Å². The van der Waals surface area contributed by atoms with Crippen molar-refractivity contribution in [3.8, 4) is 0 Å². The van der Waals surface area contributed by atoms with Gasteiger partial charge in [-0.1, -0.05) is 57.1 Å². The number of allylic oxidation sites excluding steroid dienone is 2. The second-order valence-corrected chi connectivity index (χ2v) is 4.90. The Balaban J connectivity index is 0.000000146. The molecule has 0 amide bonds. The molecular weight excluding hydrogens is 168 g/mol. The molecule has 0 spiro atoms. The quantitative estimate of drug-likeness (QED) is 0.471. The van der Waals surface area contributed by atoms with Crippen LogP contribution in [0, 0.1) is 5.92 Å². The van der Waals surface area contributed by atoms with E-state index in [0.29, 0.717) is 0 Å². The molecule has 0 nitrogen and oxygen atoms in total. The first-order valence-electron chi connectivity index (χ1n) is 6.47. The average molecular weight is 194 g/mol. The van der Waals surface area contributed by atoms with Crippen LogP contribution in [0.15, 0.2) is 11.6 Å². The molecule has 1 saturated carbocycles. The van der Waals surface area contributed by atoms with E-state index in [1.807, 2.05) is 0 Å². The zero-order chi connectivity index (χ0) is 10.2. The molecule has 2 rings (SSSR count). The summed E-state index contributed by atoms with van der Waals surface area (Å²) in [5.41, 5.74) is 1.59. The van der Waals surface area contributed by atoms with Crippen LogP contribution in [0.2, 0.25) is 0 Å².